The molecular formula is C14H25N3O2. The zero-order chi connectivity index (χ0) is 13.8. The number of carbonyl (C=O) groups excluding carboxylic acids is 2. The van der Waals surface area contributed by atoms with Gasteiger partial charge >= 0.3 is 0 Å². The van der Waals surface area contributed by atoms with Gasteiger partial charge in [-0.05, 0) is 37.5 Å². The Bertz CT molecular complexity index is 346. The number of rotatable bonds is 4. The fourth-order valence-electron chi connectivity index (χ4n) is 3.42. The van der Waals surface area contributed by atoms with Crippen LogP contribution in [-0.4, -0.2) is 35.8 Å². The summed E-state index contributed by atoms with van der Waals surface area (Å²) in [7, 11) is 0. The van der Waals surface area contributed by atoms with Gasteiger partial charge in [-0.2, -0.15) is 0 Å². The van der Waals surface area contributed by atoms with Crippen LogP contribution in [-0.2, 0) is 9.59 Å². The molecule has 4 N–H and O–H groups in total. The summed E-state index contributed by atoms with van der Waals surface area (Å²) >= 11 is 0. The molecule has 2 amide bonds. The van der Waals surface area contributed by atoms with Crippen LogP contribution in [0.1, 0.15) is 44.9 Å². The third-order valence-corrected chi connectivity index (χ3v) is 4.52. The molecule has 1 heterocycles. The topological polar surface area (TPSA) is 89.4 Å². The van der Waals surface area contributed by atoms with Gasteiger partial charge < -0.3 is 16.4 Å². The van der Waals surface area contributed by atoms with E-state index in [0.29, 0.717) is 25.3 Å². The van der Waals surface area contributed by atoms with Gasteiger partial charge in [0.1, 0.15) is 0 Å². The third kappa shape index (κ3) is 3.93. The first-order chi connectivity index (χ1) is 9.06. The monoisotopic (exact) mass is 267 g/mol. The molecule has 3 atom stereocenters. The van der Waals surface area contributed by atoms with Gasteiger partial charge in [0.2, 0.25) is 11.8 Å². The van der Waals surface area contributed by atoms with Crippen molar-refractivity contribution in [2.45, 2.75) is 51.0 Å². The molecule has 1 aliphatic heterocycles. The Labute approximate surface area is 114 Å². The Kier molecular flexibility index (Phi) is 4.80. The second kappa shape index (κ2) is 6.37. The van der Waals surface area contributed by atoms with Gasteiger partial charge in [0, 0.05) is 32.0 Å². The number of carbonyl (C=O) groups is 2. The number of likely N-dealkylation sites (tertiary alicyclic amines) is 1. The van der Waals surface area contributed by atoms with E-state index in [1.807, 2.05) is 4.90 Å². The normalized spacial score (nSPS) is 31.4. The summed E-state index contributed by atoms with van der Waals surface area (Å²) < 4.78 is 0. The Morgan fingerprint density at radius 1 is 1.11 bits per heavy atom. The summed E-state index contributed by atoms with van der Waals surface area (Å²) in [5, 5.41) is 0. The predicted molar refractivity (Wildman–Crippen MR) is 73.0 cm³/mol. The standard InChI is InChI=1S/C14H25N3O2/c15-12-5-1-4-11(12)8-14(19)17-6-2-3-10(9-17)7-13(16)18/h10-12H,1-9,15H2,(H2,16,18)/t10?,11-,12+/m0/s1. The minimum atomic E-state index is -0.267. The van der Waals surface area contributed by atoms with Crippen LogP contribution in [0.25, 0.3) is 0 Å². The summed E-state index contributed by atoms with van der Waals surface area (Å²) in [6.45, 7) is 1.50. The fraction of sp³-hybridized carbons (Fsp3) is 0.857. The van der Waals surface area contributed by atoms with Crippen molar-refractivity contribution in [3.8, 4) is 0 Å². The Hall–Kier alpha value is -1.10. The summed E-state index contributed by atoms with van der Waals surface area (Å²) in [4.78, 5) is 25.2. The third-order valence-electron chi connectivity index (χ3n) is 4.52. The smallest absolute Gasteiger partial charge is 0.222 e. The van der Waals surface area contributed by atoms with Gasteiger partial charge in [0.05, 0.1) is 0 Å². The van der Waals surface area contributed by atoms with Crippen molar-refractivity contribution in [3.05, 3.63) is 0 Å². The van der Waals surface area contributed by atoms with Crippen LogP contribution >= 0.6 is 0 Å². The SMILES string of the molecule is NC(=O)CC1CCCN(C(=O)C[C@@H]2CCC[C@H]2N)C1. The maximum Gasteiger partial charge on any atom is 0.222 e. The molecule has 2 aliphatic rings. The molecule has 0 aromatic heterocycles. The van der Waals surface area contributed by atoms with Crippen LogP contribution in [0.2, 0.25) is 0 Å². The van der Waals surface area contributed by atoms with E-state index in [2.05, 4.69) is 0 Å². The highest BCUT2D eigenvalue weighted by atomic mass is 16.2. The molecule has 2 fully saturated rings. The van der Waals surface area contributed by atoms with Crippen molar-refractivity contribution < 1.29 is 9.59 Å². The van der Waals surface area contributed by atoms with Crippen molar-refractivity contribution in [1.82, 2.24) is 4.90 Å². The average molecular weight is 267 g/mol. The lowest BCUT2D eigenvalue weighted by Crippen LogP contribution is -2.42. The average Bonchev–Trinajstić information content (AvgIpc) is 2.74. The molecule has 1 saturated heterocycles. The largest absolute Gasteiger partial charge is 0.370 e. The second-order valence-corrected chi connectivity index (χ2v) is 6.08. The molecule has 1 aliphatic carbocycles. The van der Waals surface area contributed by atoms with E-state index in [0.717, 1.165) is 38.6 Å². The number of piperidine rings is 1. The minimum Gasteiger partial charge on any atom is -0.370 e. The Balaban J connectivity index is 1.83. The molecule has 2 rings (SSSR count). The van der Waals surface area contributed by atoms with Crippen molar-refractivity contribution in [2.24, 2.45) is 23.3 Å². The Morgan fingerprint density at radius 3 is 2.53 bits per heavy atom. The summed E-state index contributed by atoms with van der Waals surface area (Å²) in [6.07, 6.45) is 6.20. The van der Waals surface area contributed by atoms with Crippen LogP contribution in [0.4, 0.5) is 0 Å². The number of hydrogen-bond donors (Lipinski definition) is 2. The number of nitrogens with zero attached hydrogens (tertiary/aromatic N) is 1. The fourth-order valence-corrected chi connectivity index (χ4v) is 3.42. The first-order valence-electron chi connectivity index (χ1n) is 7.38. The van der Waals surface area contributed by atoms with Crippen molar-refractivity contribution >= 4 is 11.8 Å². The highest BCUT2D eigenvalue weighted by Crippen LogP contribution is 2.28. The molecule has 0 radical (unpaired) electrons. The van der Waals surface area contributed by atoms with E-state index in [4.69, 9.17) is 11.5 Å². The quantitative estimate of drug-likeness (QED) is 0.782. The molecule has 5 heteroatoms. The zero-order valence-electron chi connectivity index (χ0n) is 11.5. The van der Waals surface area contributed by atoms with Crippen LogP contribution in [0.15, 0.2) is 0 Å². The van der Waals surface area contributed by atoms with Crippen LogP contribution in [0.5, 0.6) is 0 Å². The molecule has 5 nitrogen and oxygen atoms in total. The minimum absolute atomic E-state index is 0.190. The summed E-state index contributed by atoms with van der Waals surface area (Å²) in [5.74, 6) is 0.533. The molecule has 0 aromatic carbocycles. The molecule has 19 heavy (non-hydrogen) atoms. The maximum atomic E-state index is 12.3. The van der Waals surface area contributed by atoms with E-state index in [1.165, 1.54) is 0 Å². The van der Waals surface area contributed by atoms with E-state index < -0.39 is 0 Å². The second-order valence-electron chi connectivity index (χ2n) is 6.08. The highest BCUT2D eigenvalue weighted by molar-refractivity contribution is 5.77. The van der Waals surface area contributed by atoms with Crippen LogP contribution < -0.4 is 11.5 Å². The van der Waals surface area contributed by atoms with Crippen molar-refractivity contribution in [2.75, 3.05) is 13.1 Å². The van der Waals surface area contributed by atoms with E-state index >= 15 is 0 Å². The summed E-state index contributed by atoms with van der Waals surface area (Å²) in [5.41, 5.74) is 11.3. The number of primary amides is 1. The lowest BCUT2D eigenvalue weighted by atomic mass is 9.93. The van der Waals surface area contributed by atoms with Crippen LogP contribution in [0, 0.1) is 11.8 Å². The number of nitrogens with two attached hydrogens (primary N) is 2. The van der Waals surface area contributed by atoms with Gasteiger partial charge in [0.25, 0.3) is 0 Å². The lowest BCUT2D eigenvalue weighted by molar-refractivity contribution is -0.135. The van der Waals surface area contributed by atoms with Gasteiger partial charge in [-0.15, -0.1) is 0 Å². The lowest BCUT2D eigenvalue weighted by Gasteiger charge is -2.33. The van der Waals surface area contributed by atoms with Gasteiger partial charge in [0.15, 0.2) is 0 Å². The van der Waals surface area contributed by atoms with Crippen molar-refractivity contribution in [1.29, 1.82) is 0 Å². The highest BCUT2D eigenvalue weighted by Gasteiger charge is 2.30. The van der Waals surface area contributed by atoms with E-state index in [-0.39, 0.29) is 23.8 Å². The maximum absolute atomic E-state index is 12.3. The zero-order valence-corrected chi connectivity index (χ0v) is 11.5. The van der Waals surface area contributed by atoms with E-state index in [1.54, 1.807) is 0 Å². The molecule has 108 valence electrons. The number of amides is 2. The van der Waals surface area contributed by atoms with Crippen LogP contribution in [0.3, 0.4) is 0 Å². The van der Waals surface area contributed by atoms with E-state index in [9.17, 15) is 9.59 Å². The van der Waals surface area contributed by atoms with Gasteiger partial charge in [-0.1, -0.05) is 6.42 Å². The number of hydrogen-bond acceptors (Lipinski definition) is 3. The molecule has 1 unspecified atom stereocenters. The van der Waals surface area contributed by atoms with Gasteiger partial charge in [-0.25, -0.2) is 0 Å². The first kappa shape index (κ1) is 14.3. The summed E-state index contributed by atoms with van der Waals surface area (Å²) in [6, 6.07) is 0.190. The molecule has 1 saturated carbocycles. The molecule has 0 aromatic rings. The van der Waals surface area contributed by atoms with Gasteiger partial charge in [-0.3, -0.25) is 9.59 Å². The molecular weight excluding hydrogens is 242 g/mol. The first-order valence-corrected chi connectivity index (χ1v) is 7.38. The Morgan fingerprint density at radius 2 is 1.89 bits per heavy atom. The predicted octanol–water partition coefficient (Wildman–Crippen LogP) is 0.618. The molecule has 0 spiro atoms. The van der Waals surface area contributed by atoms with Crippen molar-refractivity contribution in [3.63, 3.8) is 0 Å². The molecule has 0 bridgehead atoms.